The average molecular weight is 265 g/mol. The Balaban J connectivity index is 1.97. The van der Waals surface area contributed by atoms with Crippen LogP contribution in [0.5, 0.6) is 0 Å². The molecule has 90 valence electrons. The molecule has 1 heterocycles. The Morgan fingerprint density at radius 2 is 2.12 bits per heavy atom. The molecule has 1 aromatic carbocycles. The van der Waals surface area contributed by atoms with E-state index in [2.05, 4.69) is 41.9 Å². The molecule has 0 aliphatic heterocycles. The lowest BCUT2D eigenvalue weighted by atomic mass is 10.0. The number of thiol groups is 1. The Bertz CT molecular complexity index is 455. The van der Waals surface area contributed by atoms with Gasteiger partial charge in [0.05, 0.1) is 5.69 Å². The molecule has 1 unspecified atom stereocenters. The van der Waals surface area contributed by atoms with Crippen molar-refractivity contribution in [2.45, 2.75) is 18.1 Å². The monoisotopic (exact) mass is 265 g/mol. The van der Waals surface area contributed by atoms with Gasteiger partial charge in [0.1, 0.15) is 6.26 Å². The minimum absolute atomic E-state index is 0.428. The van der Waals surface area contributed by atoms with Crippen LogP contribution in [-0.4, -0.2) is 16.5 Å². The Morgan fingerprint density at radius 1 is 1.35 bits per heavy atom. The largest absolute Gasteiger partial charge is 0.440 e. The number of thioether (sulfide) groups is 1. The van der Waals surface area contributed by atoms with E-state index in [9.17, 15) is 0 Å². The first-order valence-electron chi connectivity index (χ1n) is 5.50. The van der Waals surface area contributed by atoms with Gasteiger partial charge in [0.25, 0.3) is 5.22 Å². The number of rotatable bonds is 5. The lowest BCUT2D eigenvalue weighted by Gasteiger charge is -2.12. The zero-order chi connectivity index (χ0) is 12.1. The molecular weight excluding hydrogens is 250 g/mol. The second-order valence-corrected chi connectivity index (χ2v) is 5.19. The highest BCUT2D eigenvalue weighted by Crippen LogP contribution is 2.26. The summed E-state index contributed by atoms with van der Waals surface area (Å²) in [5.74, 6) is 2.20. The number of nitrogens with zero attached hydrogens (tertiary/aromatic N) is 1. The Hall–Kier alpha value is -0.870. The summed E-state index contributed by atoms with van der Waals surface area (Å²) >= 11 is 6.06. The summed E-state index contributed by atoms with van der Waals surface area (Å²) < 4.78 is 5.32. The van der Waals surface area contributed by atoms with Gasteiger partial charge >= 0.3 is 0 Å². The first-order valence-corrected chi connectivity index (χ1v) is 7.12. The van der Waals surface area contributed by atoms with Crippen LogP contribution in [0.2, 0.25) is 0 Å². The van der Waals surface area contributed by atoms with Crippen LogP contribution in [0.1, 0.15) is 17.2 Å². The highest BCUT2D eigenvalue weighted by atomic mass is 32.2. The molecule has 2 nitrogen and oxygen atoms in total. The lowest BCUT2D eigenvalue weighted by Crippen LogP contribution is -2.03. The number of aryl methyl sites for hydroxylation is 1. The summed E-state index contributed by atoms with van der Waals surface area (Å²) in [7, 11) is 0. The fourth-order valence-electron chi connectivity index (χ4n) is 1.55. The van der Waals surface area contributed by atoms with E-state index in [0.29, 0.717) is 5.92 Å². The van der Waals surface area contributed by atoms with Gasteiger partial charge in [0, 0.05) is 11.7 Å². The smallest absolute Gasteiger partial charge is 0.255 e. The molecule has 1 atom stereocenters. The third kappa shape index (κ3) is 3.54. The summed E-state index contributed by atoms with van der Waals surface area (Å²) in [4.78, 5) is 4.28. The van der Waals surface area contributed by atoms with Crippen LogP contribution >= 0.6 is 24.4 Å². The minimum atomic E-state index is 0.428. The Labute approximate surface area is 111 Å². The van der Waals surface area contributed by atoms with Crippen LogP contribution in [0, 0.1) is 6.92 Å². The van der Waals surface area contributed by atoms with E-state index in [4.69, 9.17) is 4.42 Å². The van der Waals surface area contributed by atoms with Gasteiger partial charge in [0.15, 0.2) is 0 Å². The first-order chi connectivity index (χ1) is 8.29. The standard InChI is InChI=1S/C13H15NOS2/c1-10-7-15-13(14-10)17-9-12(8-16)11-5-3-2-4-6-11/h2-7,12,16H,8-9H2,1H3. The quantitative estimate of drug-likeness (QED) is 0.658. The maximum atomic E-state index is 5.32. The molecule has 0 radical (unpaired) electrons. The second kappa shape index (κ2) is 6.17. The molecule has 0 aliphatic carbocycles. The van der Waals surface area contributed by atoms with Crippen LogP contribution < -0.4 is 0 Å². The average Bonchev–Trinajstić information content (AvgIpc) is 2.77. The van der Waals surface area contributed by atoms with Crippen LogP contribution in [0.25, 0.3) is 0 Å². The molecule has 2 rings (SSSR count). The zero-order valence-corrected chi connectivity index (χ0v) is 11.4. The molecular formula is C13H15NOS2. The van der Waals surface area contributed by atoms with Crippen molar-refractivity contribution < 1.29 is 4.42 Å². The van der Waals surface area contributed by atoms with Gasteiger partial charge in [-0.2, -0.15) is 12.6 Å². The van der Waals surface area contributed by atoms with Crippen LogP contribution in [0.15, 0.2) is 46.2 Å². The third-order valence-electron chi connectivity index (χ3n) is 2.50. The van der Waals surface area contributed by atoms with Gasteiger partial charge < -0.3 is 4.42 Å². The van der Waals surface area contributed by atoms with Crippen molar-refractivity contribution in [3.63, 3.8) is 0 Å². The van der Waals surface area contributed by atoms with Gasteiger partial charge in [-0.1, -0.05) is 42.1 Å². The predicted molar refractivity (Wildman–Crippen MR) is 75.0 cm³/mol. The van der Waals surface area contributed by atoms with Crippen molar-refractivity contribution in [3.05, 3.63) is 47.9 Å². The van der Waals surface area contributed by atoms with Gasteiger partial charge in [-0.05, 0) is 18.2 Å². The molecule has 0 saturated carbocycles. The third-order valence-corrected chi connectivity index (χ3v) is 3.94. The number of hydrogen-bond acceptors (Lipinski definition) is 4. The van der Waals surface area contributed by atoms with Gasteiger partial charge in [0.2, 0.25) is 0 Å². The lowest BCUT2D eigenvalue weighted by molar-refractivity contribution is 0.454. The van der Waals surface area contributed by atoms with Gasteiger partial charge in [-0.15, -0.1) is 0 Å². The predicted octanol–water partition coefficient (Wildman–Crippen LogP) is 3.79. The Kier molecular flexibility index (Phi) is 4.57. The highest BCUT2D eigenvalue weighted by molar-refractivity contribution is 7.99. The van der Waals surface area contributed by atoms with E-state index in [1.165, 1.54) is 5.56 Å². The highest BCUT2D eigenvalue weighted by Gasteiger charge is 2.11. The summed E-state index contributed by atoms with van der Waals surface area (Å²) in [6, 6.07) is 10.4. The molecule has 0 saturated heterocycles. The molecule has 2 aromatic rings. The fraction of sp³-hybridized carbons (Fsp3) is 0.308. The molecule has 0 N–H and O–H groups in total. The topological polar surface area (TPSA) is 26.0 Å². The van der Waals surface area contributed by atoms with Crippen molar-refractivity contribution in [2.75, 3.05) is 11.5 Å². The molecule has 0 spiro atoms. The van der Waals surface area contributed by atoms with Crippen LogP contribution in [0.4, 0.5) is 0 Å². The molecule has 0 fully saturated rings. The number of benzene rings is 1. The number of aromatic nitrogens is 1. The molecule has 4 heteroatoms. The molecule has 0 amide bonds. The van der Waals surface area contributed by atoms with Crippen molar-refractivity contribution in [1.82, 2.24) is 4.98 Å². The minimum Gasteiger partial charge on any atom is -0.440 e. The van der Waals surface area contributed by atoms with Crippen molar-refractivity contribution in [3.8, 4) is 0 Å². The number of hydrogen-bond donors (Lipinski definition) is 1. The van der Waals surface area contributed by atoms with Crippen molar-refractivity contribution in [1.29, 1.82) is 0 Å². The summed E-state index contributed by atoms with van der Waals surface area (Å²) in [5, 5.41) is 0.741. The molecule has 0 bridgehead atoms. The summed E-state index contributed by atoms with van der Waals surface area (Å²) in [6.07, 6.45) is 1.68. The molecule has 17 heavy (non-hydrogen) atoms. The Morgan fingerprint density at radius 3 is 2.71 bits per heavy atom. The van der Waals surface area contributed by atoms with Gasteiger partial charge in [-0.25, -0.2) is 4.98 Å². The summed E-state index contributed by atoms with van der Waals surface area (Å²) in [6.45, 7) is 1.93. The summed E-state index contributed by atoms with van der Waals surface area (Å²) in [5.41, 5.74) is 2.24. The normalized spacial score (nSPS) is 12.6. The first kappa shape index (κ1) is 12.6. The van der Waals surface area contributed by atoms with Crippen molar-refractivity contribution in [2.24, 2.45) is 0 Å². The van der Waals surface area contributed by atoms with E-state index in [0.717, 1.165) is 22.4 Å². The van der Waals surface area contributed by atoms with E-state index in [-0.39, 0.29) is 0 Å². The van der Waals surface area contributed by atoms with Crippen LogP contribution in [-0.2, 0) is 0 Å². The zero-order valence-electron chi connectivity index (χ0n) is 9.67. The fourth-order valence-corrected chi connectivity index (χ4v) is 3.04. The molecule has 1 aromatic heterocycles. The SMILES string of the molecule is Cc1coc(SCC(CS)c2ccccc2)n1. The number of oxazole rings is 1. The van der Waals surface area contributed by atoms with E-state index < -0.39 is 0 Å². The van der Waals surface area contributed by atoms with E-state index in [1.807, 2.05) is 13.0 Å². The maximum absolute atomic E-state index is 5.32. The van der Waals surface area contributed by atoms with E-state index >= 15 is 0 Å². The van der Waals surface area contributed by atoms with Crippen LogP contribution in [0.3, 0.4) is 0 Å². The second-order valence-electron chi connectivity index (χ2n) is 3.86. The molecule has 0 aliphatic rings. The maximum Gasteiger partial charge on any atom is 0.255 e. The van der Waals surface area contributed by atoms with Crippen molar-refractivity contribution >= 4 is 24.4 Å². The van der Waals surface area contributed by atoms with E-state index in [1.54, 1.807) is 18.0 Å². The van der Waals surface area contributed by atoms with Gasteiger partial charge in [-0.3, -0.25) is 0 Å².